The molecule has 0 aliphatic carbocycles. The smallest absolute Gasteiger partial charge is 0.255 e. The molecule has 0 saturated heterocycles. The van der Waals surface area contributed by atoms with Crippen molar-refractivity contribution >= 4 is 34.5 Å². The number of hydrogen-bond acceptors (Lipinski definition) is 4. The lowest BCUT2D eigenvalue weighted by Crippen LogP contribution is -2.18. The molecular formula is C19H20N2O2S. The lowest BCUT2D eigenvalue weighted by molar-refractivity contribution is 0.0964. The number of nitrogens with one attached hydrogen (secondary N) is 1. The van der Waals surface area contributed by atoms with Crippen LogP contribution in [0.25, 0.3) is 22.3 Å². The molecule has 4 nitrogen and oxygen atoms in total. The summed E-state index contributed by atoms with van der Waals surface area (Å²) < 4.78 is 8.14. The summed E-state index contributed by atoms with van der Waals surface area (Å²) in [6.45, 7) is 2.03. The average Bonchev–Trinajstić information content (AvgIpc) is 2.99. The van der Waals surface area contributed by atoms with Crippen LogP contribution in [-0.2, 0) is 0 Å². The number of furan rings is 1. The van der Waals surface area contributed by atoms with Crippen molar-refractivity contribution in [2.45, 2.75) is 6.92 Å². The molecule has 0 fully saturated rings. The summed E-state index contributed by atoms with van der Waals surface area (Å²) in [5.41, 5.74) is 4.38. The number of aryl methyl sites for hydroxylation is 1. The molecule has 0 atom stereocenters. The zero-order valence-corrected chi connectivity index (χ0v) is 15.0. The summed E-state index contributed by atoms with van der Waals surface area (Å²) in [4.78, 5) is 12.4. The first-order chi connectivity index (χ1) is 11.5. The number of benzene rings is 2. The molecule has 24 heavy (non-hydrogen) atoms. The Morgan fingerprint density at radius 2 is 1.88 bits per heavy atom. The van der Waals surface area contributed by atoms with E-state index in [1.807, 2.05) is 67.0 Å². The van der Waals surface area contributed by atoms with Gasteiger partial charge >= 0.3 is 0 Å². The van der Waals surface area contributed by atoms with Crippen molar-refractivity contribution in [1.29, 1.82) is 0 Å². The van der Waals surface area contributed by atoms with Crippen LogP contribution < -0.4 is 9.62 Å². The van der Waals surface area contributed by atoms with Gasteiger partial charge in [0.1, 0.15) is 11.3 Å². The van der Waals surface area contributed by atoms with E-state index in [2.05, 4.69) is 5.32 Å². The Kier molecular flexibility index (Phi) is 4.53. The van der Waals surface area contributed by atoms with Crippen LogP contribution in [0, 0.1) is 6.92 Å². The summed E-state index contributed by atoms with van der Waals surface area (Å²) >= 11 is 1.62. The summed E-state index contributed by atoms with van der Waals surface area (Å²) in [6, 6.07) is 13.9. The van der Waals surface area contributed by atoms with Crippen molar-refractivity contribution in [2.75, 3.05) is 24.7 Å². The van der Waals surface area contributed by atoms with Gasteiger partial charge in [0.15, 0.2) is 0 Å². The standard InChI is InChI=1S/C19H20N2O2S/c1-12-5-7-13(8-6-12)18-17(19(22)20-2)15-10-9-14(21(3)24-4)11-16(15)23-18/h5-11H,1-4H3,(H,20,22). The predicted molar refractivity (Wildman–Crippen MR) is 102 cm³/mol. The maximum absolute atomic E-state index is 12.4. The normalized spacial score (nSPS) is 10.8. The second-order valence-electron chi connectivity index (χ2n) is 5.61. The van der Waals surface area contributed by atoms with E-state index in [1.165, 1.54) is 5.56 Å². The fraction of sp³-hybridized carbons (Fsp3) is 0.211. The highest BCUT2D eigenvalue weighted by atomic mass is 32.2. The largest absolute Gasteiger partial charge is 0.455 e. The van der Waals surface area contributed by atoms with Gasteiger partial charge in [0, 0.05) is 37.4 Å². The molecule has 3 aromatic rings. The molecule has 1 aromatic heterocycles. The van der Waals surface area contributed by atoms with Crippen molar-refractivity contribution in [3.8, 4) is 11.3 Å². The van der Waals surface area contributed by atoms with E-state index in [4.69, 9.17) is 4.42 Å². The lowest BCUT2D eigenvalue weighted by atomic mass is 10.0. The minimum absolute atomic E-state index is 0.143. The maximum atomic E-state index is 12.4. The van der Waals surface area contributed by atoms with E-state index < -0.39 is 0 Å². The van der Waals surface area contributed by atoms with Gasteiger partial charge in [-0.05, 0) is 19.1 Å². The number of amides is 1. The minimum atomic E-state index is -0.143. The maximum Gasteiger partial charge on any atom is 0.255 e. The molecule has 0 radical (unpaired) electrons. The van der Waals surface area contributed by atoms with E-state index >= 15 is 0 Å². The van der Waals surface area contributed by atoms with Gasteiger partial charge in [-0.1, -0.05) is 41.8 Å². The molecule has 0 bridgehead atoms. The molecule has 1 amide bonds. The molecular weight excluding hydrogens is 320 g/mol. The monoisotopic (exact) mass is 340 g/mol. The SMILES string of the molecule is CNC(=O)c1c(-c2ccc(C)cc2)oc2cc(N(C)SC)ccc12. The summed E-state index contributed by atoms with van der Waals surface area (Å²) in [6.07, 6.45) is 2.01. The van der Waals surface area contributed by atoms with Crippen molar-refractivity contribution in [3.05, 3.63) is 53.6 Å². The van der Waals surface area contributed by atoms with Crippen LogP contribution in [0.3, 0.4) is 0 Å². The molecule has 2 aromatic carbocycles. The van der Waals surface area contributed by atoms with E-state index in [0.717, 1.165) is 16.6 Å². The van der Waals surface area contributed by atoms with E-state index in [1.54, 1.807) is 19.0 Å². The van der Waals surface area contributed by atoms with Crippen LogP contribution in [0.1, 0.15) is 15.9 Å². The van der Waals surface area contributed by atoms with Gasteiger partial charge in [-0.3, -0.25) is 4.79 Å². The van der Waals surface area contributed by atoms with Gasteiger partial charge in [-0.25, -0.2) is 0 Å². The summed E-state index contributed by atoms with van der Waals surface area (Å²) in [5.74, 6) is 0.462. The van der Waals surface area contributed by atoms with Gasteiger partial charge in [0.05, 0.1) is 11.3 Å². The molecule has 3 rings (SSSR count). The zero-order valence-electron chi connectivity index (χ0n) is 14.2. The summed E-state index contributed by atoms with van der Waals surface area (Å²) in [5, 5.41) is 3.54. The molecule has 0 spiro atoms. The fourth-order valence-corrected chi connectivity index (χ4v) is 2.97. The Bertz CT molecular complexity index is 884. The van der Waals surface area contributed by atoms with Gasteiger partial charge in [0.25, 0.3) is 5.91 Å². The Morgan fingerprint density at radius 3 is 2.50 bits per heavy atom. The molecule has 0 aliphatic rings. The van der Waals surface area contributed by atoms with E-state index in [0.29, 0.717) is 16.9 Å². The third-order valence-electron chi connectivity index (χ3n) is 4.08. The van der Waals surface area contributed by atoms with Crippen LogP contribution >= 0.6 is 11.9 Å². The molecule has 0 unspecified atom stereocenters. The number of rotatable bonds is 4. The van der Waals surface area contributed by atoms with Crippen LogP contribution in [0.4, 0.5) is 5.69 Å². The van der Waals surface area contributed by atoms with Crippen molar-refractivity contribution in [3.63, 3.8) is 0 Å². The molecule has 5 heteroatoms. The molecule has 1 heterocycles. The number of anilines is 1. The Hall–Kier alpha value is -2.40. The number of nitrogens with zero attached hydrogens (tertiary/aromatic N) is 1. The lowest BCUT2D eigenvalue weighted by Gasteiger charge is -2.14. The fourth-order valence-electron chi connectivity index (χ4n) is 2.65. The first-order valence-corrected chi connectivity index (χ1v) is 8.87. The topological polar surface area (TPSA) is 45.5 Å². The molecule has 1 N–H and O–H groups in total. The Morgan fingerprint density at radius 1 is 1.17 bits per heavy atom. The second-order valence-corrected chi connectivity index (χ2v) is 6.52. The quantitative estimate of drug-likeness (QED) is 0.711. The van der Waals surface area contributed by atoms with Crippen molar-refractivity contribution < 1.29 is 9.21 Å². The van der Waals surface area contributed by atoms with Crippen molar-refractivity contribution in [2.24, 2.45) is 0 Å². The molecule has 124 valence electrons. The van der Waals surface area contributed by atoms with Crippen LogP contribution in [0.15, 0.2) is 46.9 Å². The van der Waals surface area contributed by atoms with Crippen molar-refractivity contribution in [1.82, 2.24) is 5.32 Å². The Labute approximate surface area is 146 Å². The van der Waals surface area contributed by atoms with Gasteiger partial charge in [0.2, 0.25) is 0 Å². The van der Waals surface area contributed by atoms with Gasteiger partial charge in [-0.2, -0.15) is 0 Å². The van der Waals surface area contributed by atoms with E-state index in [9.17, 15) is 4.79 Å². The summed E-state index contributed by atoms with van der Waals surface area (Å²) in [7, 11) is 3.63. The highest BCUT2D eigenvalue weighted by Crippen LogP contribution is 2.36. The third-order valence-corrected chi connectivity index (χ3v) is 4.84. The van der Waals surface area contributed by atoms with Gasteiger partial charge < -0.3 is 14.0 Å². The zero-order chi connectivity index (χ0) is 17.3. The number of carbonyl (C=O) groups is 1. The Balaban J connectivity index is 2.23. The third kappa shape index (κ3) is 2.87. The highest BCUT2D eigenvalue weighted by molar-refractivity contribution is 7.99. The first kappa shape index (κ1) is 16.5. The number of fused-ring (bicyclic) bond motifs is 1. The van der Waals surface area contributed by atoms with Crippen LogP contribution in [0.2, 0.25) is 0 Å². The molecule has 0 saturated carbocycles. The average molecular weight is 340 g/mol. The second kappa shape index (κ2) is 6.61. The van der Waals surface area contributed by atoms with Crippen LogP contribution in [-0.4, -0.2) is 26.3 Å². The molecule has 0 aliphatic heterocycles. The van der Waals surface area contributed by atoms with E-state index in [-0.39, 0.29) is 5.91 Å². The highest BCUT2D eigenvalue weighted by Gasteiger charge is 2.21. The van der Waals surface area contributed by atoms with Crippen LogP contribution in [0.5, 0.6) is 0 Å². The van der Waals surface area contributed by atoms with Gasteiger partial charge in [-0.15, -0.1) is 0 Å². The predicted octanol–water partition coefficient (Wildman–Crippen LogP) is 4.48. The number of carbonyl (C=O) groups excluding carboxylic acids is 1. The minimum Gasteiger partial charge on any atom is -0.455 e. The number of hydrogen-bond donors (Lipinski definition) is 1. The first-order valence-electron chi connectivity index (χ1n) is 7.68.